The van der Waals surface area contributed by atoms with E-state index >= 15 is 0 Å². The van der Waals surface area contributed by atoms with Crippen LogP contribution in [0.4, 0.5) is 4.39 Å². The van der Waals surface area contributed by atoms with Crippen LogP contribution >= 0.6 is 0 Å². The monoisotopic (exact) mass is 237 g/mol. The Labute approximate surface area is 99.7 Å². The molecule has 0 aromatic heterocycles. The number of carbonyl (C=O) groups is 1. The first-order chi connectivity index (χ1) is 8.03. The van der Waals surface area contributed by atoms with E-state index in [1.807, 2.05) is 6.92 Å². The Balaban J connectivity index is 2.29. The van der Waals surface area contributed by atoms with Crippen molar-refractivity contribution < 1.29 is 14.3 Å². The van der Waals surface area contributed by atoms with Crippen molar-refractivity contribution in [1.29, 1.82) is 0 Å². The molecule has 1 aromatic rings. The summed E-state index contributed by atoms with van der Waals surface area (Å²) in [5, 5.41) is 12.4. The van der Waals surface area contributed by atoms with Crippen LogP contribution in [0.5, 0.6) is 0 Å². The fourth-order valence-electron chi connectivity index (χ4n) is 2.35. The summed E-state index contributed by atoms with van der Waals surface area (Å²) in [6.45, 7) is 3.05. The number of halogens is 1. The van der Waals surface area contributed by atoms with E-state index in [0.717, 1.165) is 11.1 Å². The van der Waals surface area contributed by atoms with Gasteiger partial charge in [0.05, 0.1) is 5.41 Å². The summed E-state index contributed by atoms with van der Waals surface area (Å²) in [6, 6.07) is 4.54. The summed E-state index contributed by atoms with van der Waals surface area (Å²) in [7, 11) is 0. The number of aliphatic carboxylic acids is 1. The molecule has 2 rings (SSSR count). The minimum Gasteiger partial charge on any atom is -0.481 e. The van der Waals surface area contributed by atoms with E-state index in [0.29, 0.717) is 25.9 Å². The van der Waals surface area contributed by atoms with Gasteiger partial charge < -0.3 is 10.4 Å². The molecule has 2 N–H and O–H groups in total. The van der Waals surface area contributed by atoms with Crippen molar-refractivity contribution in [3.8, 4) is 0 Å². The van der Waals surface area contributed by atoms with Gasteiger partial charge in [0.2, 0.25) is 0 Å². The van der Waals surface area contributed by atoms with E-state index in [1.165, 1.54) is 12.1 Å². The van der Waals surface area contributed by atoms with Gasteiger partial charge in [0.15, 0.2) is 0 Å². The molecule has 0 amide bonds. The predicted octanol–water partition coefficient (Wildman–Crippen LogP) is 1.74. The zero-order chi connectivity index (χ0) is 12.5. The number of hydrogen-bond acceptors (Lipinski definition) is 2. The maximum absolute atomic E-state index is 13.2. The minimum atomic E-state index is -0.800. The average Bonchev–Trinajstić information content (AvgIpc) is 2.73. The van der Waals surface area contributed by atoms with E-state index in [9.17, 15) is 14.3 Å². The maximum Gasteiger partial charge on any atom is 0.311 e. The number of nitrogens with one attached hydrogen (secondary N) is 1. The van der Waals surface area contributed by atoms with Gasteiger partial charge in [0.25, 0.3) is 0 Å². The van der Waals surface area contributed by atoms with Crippen molar-refractivity contribution in [2.24, 2.45) is 5.41 Å². The lowest BCUT2D eigenvalue weighted by Gasteiger charge is -2.23. The maximum atomic E-state index is 13.2. The lowest BCUT2D eigenvalue weighted by Crippen LogP contribution is -2.35. The number of benzene rings is 1. The van der Waals surface area contributed by atoms with Gasteiger partial charge in [-0.3, -0.25) is 4.79 Å². The second kappa shape index (κ2) is 4.45. The van der Waals surface area contributed by atoms with Crippen LogP contribution in [-0.4, -0.2) is 24.2 Å². The molecule has 1 heterocycles. The highest BCUT2D eigenvalue weighted by Gasteiger charge is 2.41. The van der Waals surface area contributed by atoms with Crippen LogP contribution in [0, 0.1) is 18.2 Å². The van der Waals surface area contributed by atoms with Gasteiger partial charge in [-0.05, 0) is 49.6 Å². The Hall–Kier alpha value is -1.42. The smallest absolute Gasteiger partial charge is 0.311 e. The fourth-order valence-corrected chi connectivity index (χ4v) is 2.35. The molecule has 0 radical (unpaired) electrons. The molecule has 0 saturated carbocycles. The number of rotatable bonds is 3. The van der Waals surface area contributed by atoms with Gasteiger partial charge in [-0.15, -0.1) is 0 Å². The van der Waals surface area contributed by atoms with Crippen molar-refractivity contribution in [3.63, 3.8) is 0 Å². The number of hydrogen-bond donors (Lipinski definition) is 2. The van der Waals surface area contributed by atoms with Crippen molar-refractivity contribution in [2.75, 3.05) is 13.1 Å². The third-order valence-corrected chi connectivity index (χ3v) is 3.54. The highest BCUT2D eigenvalue weighted by Crippen LogP contribution is 2.31. The first-order valence-corrected chi connectivity index (χ1v) is 5.73. The first kappa shape index (κ1) is 12.0. The Bertz CT molecular complexity index is 439. The lowest BCUT2D eigenvalue weighted by molar-refractivity contribution is -0.147. The summed E-state index contributed by atoms with van der Waals surface area (Å²) in [5.74, 6) is -1.11. The lowest BCUT2D eigenvalue weighted by atomic mass is 9.80. The molecule has 1 aliphatic rings. The van der Waals surface area contributed by atoms with E-state index in [2.05, 4.69) is 5.32 Å². The van der Waals surface area contributed by atoms with Crippen LogP contribution in [0.1, 0.15) is 17.5 Å². The summed E-state index contributed by atoms with van der Waals surface area (Å²) < 4.78 is 13.2. The molecule has 0 bridgehead atoms. The second-order valence-electron chi connectivity index (χ2n) is 4.76. The van der Waals surface area contributed by atoms with Crippen LogP contribution in [-0.2, 0) is 11.2 Å². The Morgan fingerprint density at radius 1 is 1.59 bits per heavy atom. The molecule has 1 aromatic carbocycles. The van der Waals surface area contributed by atoms with Crippen LogP contribution < -0.4 is 5.32 Å². The van der Waals surface area contributed by atoms with E-state index < -0.39 is 11.4 Å². The topological polar surface area (TPSA) is 49.3 Å². The standard InChI is InChI=1S/C13H16FNO2/c1-9-2-3-11(14)6-10(9)7-13(12(16)17)4-5-15-8-13/h2-3,6,15H,4-5,7-8H2,1H3,(H,16,17). The molecule has 17 heavy (non-hydrogen) atoms. The summed E-state index contributed by atoms with van der Waals surface area (Å²) in [6.07, 6.45) is 0.983. The molecule has 1 saturated heterocycles. The molecule has 1 fully saturated rings. The molecule has 1 unspecified atom stereocenters. The SMILES string of the molecule is Cc1ccc(F)cc1CC1(C(=O)O)CCNC1. The molecule has 3 nitrogen and oxygen atoms in total. The number of aryl methyl sites for hydroxylation is 1. The number of carboxylic acid groups (broad SMARTS) is 1. The largest absolute Gasteiger partial charge is 0.481 e. The molecule has 0 aliphatic carbocycles. The Morgan fingerprint density at radius 2 is 2.35 bits per heavy atom. The third kappa shape index (κ3) is 2.31. The van der Waals surface area contributed by atoms with Crippen molar-refractivity contribution >= 4 is 5.97 Å². The molecule has 0 spiro atoms. The summed E-state index contributed by atoms with van der Waals surface area (Å²) in [5.41, 5.74) is 0.952. The fraction of sp³-hybridized carbons (Fsp3) is 0.462. The van der Waals surface area contributed by atoms with Crippen LogP contribution in [0.2, 0.25) is 0 Å². The summed E-state index contributed by atoms with van der Waals surface area (Å²) >= 11 is 0. The van der Waals surface area contributed by atoms with Gasteiger partial charge in [-0.2, -0.15) is 0 Å². The average molecular weight is 237 g/mol. The minimum absolute atomic E-state index is 0.308. The Morgan fingerprint density at radius 3 is 2.94 bits per heavy atom. The van der Waals surface area contributed by atoms with Crippen molar-refractivity contribution in [3.05, 3.63) is 35.1 Å². The van der Waals surface area contributed by atoms with Gasteiger partial charge in [0.1, 0.15) is 5.82 Å². The van der Waals surface area contributed by atoms with E-state index in [4.69, 9.17) is 0 Å². The highest BCUT2D eigenvalue weighted by molar-refractivity contribution is 5.76. The molecule has 4 heteroatoms. The van der Waals surface area contributed by atoms with Gasteiger partial charge in [-0.1, -0.05) is 6.07 Å². The van der Waals surface area contributed by atoms with Crippen LogP contribution in [0.3, 0.4) is 0 Å². The molecule has 1 atom stereocenters. The molecule has 92 valence electrons. The van der Waals surface area contributed by atoms with Crippen molar-refractivity contribution in [1.82, 2.24) is 5.32 Å². The van der Waals surface area contributed by atoms with Gasteiger partial charge in [-0.25, -0.2) is 4.39 Å². The predicted molar refractivity (Wildman–Crippen MR) is 62.4 cm³/mol. The van der Waals surface area contributed by atoms with Gasteiger partial charge >= 0.3 is 5.97 Å². The van der Waals surface area contributed by atoms with Gasteiger partial charge in [0, 0.05) is 6.54 Å². The summed E-state index contributed by atoms with van der Waals surface area (Å²) in [4.78, 5) is 11.4. The van der Waals surface area contributed by atoms with E-state index in [-0.39, 0.29) is 5.82 Å². The Kier molecular flexibility index (Phi) is 3.15. The number of carboxylic acids is 1. The van der Waals surface area contributed by atoms with Crippen LogP contribution in [0.25, 0.3) is 0 Å². The van der Waals surface area contributed by atoms with Crippen molar-refractivity contribution in [2.45, 2.75) is 19.8 Å². The molecule has 1 aliphatic heterocycles. The zero-order valence-corrected chi connectivity index (χ0v) is 9.79. The van der Waals surface area contributed by atoms with Crippen LogP contribution in [0.15, 0.2) is 18.2 Å². The molecular weight excluding hydrogens is 221 g/mol. The quantitative estimate of drug-likeness (QED) is 0.842. The zero-order valence-electron chi connectivity index (χ0n) is 9.79. The first-order valence-electron chi connectivity index (χ1n) is 5.73. The normalized spacial score (nSPS) is 23.9. The van der Waals surface area contributed by atoms with E-state index in [1.54, 1.807) is 6.07 Å². The molecular formula is C13H16FNO2. The third-order valence-electron chi connectivity index (χ3n) is 3.54. The highest BCUT2D eigenvalue weighted by atomic mass is 19.1. The second-order valence-corrected chi connectivity index (χ2v) is 4.76.